The lowest BCUT2D eigenvalue weighted by molar-refractivity contribution is 0.0256. The fraction of sp³-hybridized carbons (Fsp3) is 0.522. The van der Waals surface area contributed by atoms with Gasteiger partial charge < -0.3 is 20.2 Å². The van der Waals surface area contributed by atoms with Gasteiger partial charge in [0.15, 0.2) is 0 Å². The van der Waals surface area contributed by atoms with Gasteiger partial charge in [0, 0.05) is 24.7 Å². The molecule has 1 amide bonds. The van der Waals surface area contributed by atoms with E-state index in [4.69, 9.17) is 20.3 Å². The van der Waals surface area contributed by atoms with E-state index in [1.165, 1.54) is 13.3 Å². The summed E-state index contributed by atoms with van der Waals surface area (Å²) in [5.41, 5.74) is 2.31. The molecular weight excluding hydrogens is 422 g/mol. The standard InChI is InChI=1S/C23H31N7O3/c1-15(27-17-7-6-9-29(10-8-17)22(31)33-23(2,3)4)21(28-25)16-11-19-26-14-18(13-24)30(19)20(12-16)32-5/h11-12,14,17H,6-10,25H2,1-5H3/b27-15?,28-21+. The molecule has 2 aromatic rings. The molecule has 1 fully saturated rings. The summed E-state index contributed by atoms with van der Waals surface area (Å²) < 4.78 is 12.6. The smallest absolute Gasteiger partial charge is 0.410 e. The van der Waals surface area contributed by atoms with Crippen molar-refractivity contribution in [2.45, 2.75) is 58.6 Å². The molecule has 0 radical (unpaired) electrons. The van der Waals surface area contributed by atoms with Gasteiger partial charge in [-0.05, 0) is 53.0 Å². The maximum Gasteiger partial charge on any atom is 0.410 e. The van der Waals surface area contributed by atoms with Crippen molar-refractivity contribution in [2.24, 2.45) is 15.9 Å². The van der Waals surface area contributed by atoms with Crippen LogP contribution in [-0.2, 0) is 4.74 Å². The Balaban J connectivity index is 1.79. The minimum absolute atomic E-state index is 0.0384. The van der Waals surface area contributed by atoms with Crippen LogP contribution < -0.4 is 10.6 Å². The van der Waals surface area contributed by atoms with Gasteiger partial charge in [0.05, 0.1) is 25.1 Å². The zero-order chi connectivity index (χ0) is 24.2. The van der Waals surface area contributed by atoms with Gasteiger partial charge in [-0.1, -0.05) is 0 Å². The summed E-state index contributed by atoms with van der Waals surface area (Å²) in [6, 6.07) is 5.70. The number of ether oxygens (including phenoxy) is 2. The molecule has 1 unspecified atom stereocenters. The summed E-state index contributed by atoms with van der Waals surface area (Å²) in [5, 5.41) is 13.3. The first-order valence-electron chi connectivity index (χ1n) is 10.9. The number of fused-ring (bicyclic) bond motifs is 1. The first kappa shape index (κ1) is 24.0. The van der Waals surface area contributed by atoms with E-state index in [-0.39, 0.29) is 12.1 Å². The topological polar surface area (TPSA) is 131 Å². The molecule has 1 atom stereocenters. The molecule has 0 bridgehead atoms. The van der Waals surface area contributed by atoms with Gasteiger partial charge in [0.1, 0.15) is 28.7 Å². The second kappa shape index (κ2) is 9.90. The van der Waals surface area contributed by atoms with E-state index in [1.807, 2.05) is 27.7 Å². The quantitative estimate of drug-likeness (QED) is 0.430. The summed E-state index contributed by atoms with van der Waals surface area (Å²) in [4.78, 5) is 23.3. The van der Waals surface area contributed by atoms with Crippen LogP contribution in [0.3, 0.4) is 0 Å². The van der Waals surface area contributed by atoms with E-state index >= 15 is 0 Å². The second-order valence-corrected chi connectivity index (χ2v) is 8.98. The summed E-state index contributed by atoms with van der Waals surface area (Å²) in [6.45, 7) is 8.69. The minimum atomic E-state index is -0.519. The van der Waals surface area contributed by atoms with Gasteiger partial charge in [-0.2, -0.15) is 10.4 Å². The Morgan fingerprint density at radius 2 is 2.06 bits per heavy atom. The Kier molecular flexibility index (Phi) is 7.21. The Bertz CT molecular complexity index is 1120. The van der Waals surface area contributed by atoms with Crippen molar-refractivity contribution in [1.82, 2.24) is 14.3 Å². The van der Waals surface area contributed by atoms with E-state index in [0.29, 0.717) is 47.3 Å². The molecular formula is C23H31N7O3. The number of likely N-dealkylation sites (tertiary alicyclic amines) is 1. The highest BCUT2D eigenvalue weighted by Crippen LogP contribution is 2.22. The van der Waals surface area contributed by atoms with Crippen LogP contribution in [0.15, 0.2) is 28.4 Å². The lowest BCUT2D eigenvalue weighted by Gasteiger charge is -2.26. The Morgan fingerprint density at radius 1 is 1.30 bits per heavy atom. The molecule has 10 nitrogen and oxygen atoms in total. The summed E-state index contributed by atoms with van der Waals surface area (Å²) in [7, 11) is 1.53. The number of methoxy groups -OCH3 is 1. The number of pyridine rings is 1. The molecule has 0 aliphatic carbocycles. The van der Waals surface area contributed by atoms with Crippen molar-refractivity contribution in [3.8, 4) is 11.9 Å². The van der Waals surface area contributed by atoms with Crippen LogP contribution in [0.5, 0.6) is 5.88 Å². The summed E-state index contributed by atoms with van der Waals surface area (Å²) in [6.07, 6.45) is 3.61. The number of hydrogen-bond acceptors (Lipinski definition) is 8. The van der Waals surface area contributed by atoms with Crippen LogP contribution in [0.2, 0.25) is 0 Å². The van der Waals surface area contributed by atoms with Crippen LogP contribution in [0.1, 0.15) is 58.2 Å². The maximum absolute atomic E-state index is 12.4. The lowest BCUT2D eigenvalue weighted by Crippen LogP contribution is -2.37. The number of nitriles is 1. The number of amides is 1. The molecule has 3 heterocycles. The lowest BCUT2D eigenvalue weighted by atomic mass is 10.1. The second-order valence-electron chi connectivity index (χ2n) is 8.98. The van der Waals surface area contributed by atoms with E-state index < -0.39 is 5.60 Å². The van der Waals surface area contributed by atoms with Crippen molar-refractivity contribution in [3.63, 3.8) is 0 Å². The average Bonchev–Trinajstić information content (AvgIpc) is 3.03. The van der Waals surface area contributed by atoms with Gasteiger partial charge >= 0.3 is 6.09 Å². The molecule has 10 heteroatoms. The van der Waals surface area contributed by atoms with E-state index in [0.717, 1.165) is 19.3 Å². The van der Waals surface area contributed by atoms with E-state index in [1.54, 1.807) is 21.4 Å². The summed E-state index contributed by atoms with van der Waals surface area (Å²) in [5.74, 6) is 6.20. The van der Waals surface area contributed by atoms with Crippen molar-refractivity contribution >= 4 is 23.2 Å². The number of nitrogens with zero attached hydrogens (tertiary/aromatic N) is 6. The molecule has 1 aliphatic heterocycles. The third-order valence-corrected chi connectivity index (χ3v) is 5.37. The van der Waals surface area contributed by atoms with Crippen molar-refractivity contribution in [2.75, 3.05) is 20.2 Å². The Labute approximate surface area is 193 Å². The minimum Gasteiger partial charge on any atom is -0.482 e. The van der Waals surface area contributed by atoms with E-state index in [9.17, 15) is 10.1 Å². The molecule has 176 valence electrons. The number of nitrogens with two attached hydrogens (primary N) is 1. The van der Waals surface area contributed by atoms with Crippen LogP contribution in [-0.4, -0.2) is 63.6 Å². The molecule has 2 N–H and O–H groups in total. The van der Waals surface area contributed by atoms with Gasteiger partial charge in [0.25, 0.3) is 0 Å². The van der Waals surface area contributed by atoms with Crippen molar-refractivity contribution in [1.29, 1.82) is 5.26 Å². The fourth-order valence-electron chi connectivity index (χ4n) is 3.87. The van der Waals surface area contributed by atoms with Gasteiger partial charge in [-0.3, -0.25) is 9.39 Å². The molecule has 0 saturated carbocycles. The van der Waals surface area contributed by atoms with Gasteiger partial charge in [-0.15, -0.1) is 0 Å². The molecule has 0 spiro atoms. The SMILES string of the molecule is COc1cc(/C(=N/N)C(C)=NC2CCCN(C(=O)OC(C)(C)C)CC2)cc2ncc(C#N)n12. The number of carbonyl (C=O) groups is 1. The number of hydrazone groups is 1. The van der Waals surface area contributed by atoms with Crippen LogP contribution in [0.25, 0.3) is 5.65 Å². The van der Waals surface area contributed by atoms with Gasteiger partial charge in [0.2, 0.25) is 5.88 Å². The first-order valence-corrected chi connectivity index (χ1v) is 10.9. The third kappa shape index (κ3) is 5.61. The highest BCUT2D eigenvalue weighted by atomic mass is 16.6. The molecule has 1 saturated heterocycles. The Morgan fingerprint density at radius 3 is 2.70 bits per heavy atom. The largest absolute Gasteiger partial charge is 0.482 e. The van der Waals surface area contributed by atoms with Crippen molar-refractivity contribution < 1.29 is 14.3 Å². The molecule has 0 aromatic carbocycles. The normalized spacial score (nSPS) is 18.1. The zero-order valence-electron chi connectivity index (χ0n) is 19.8. The van der Waals surface area contributed by atoms with Crippen LogP contribution in [0.4, 0.5) is 4.79 Å². The highest BCUT2D eigenvalue weighted by Gasteiger charge is 2.25. The highest BCUT2D eigenvalue weighted by molar-refractivity contribution is 6.47. The van der Waals surface area contributed by atoms with E-state index in [2.05, 4.69) is 16.2 Å². The predicted octanol–water partition coefficient (Wildman–Crippen LogP) is 3.13. The number of imidazole rings is 1. The number of aliphatic imine (C=N–C) groups is 1. The molecule has 1 aliphatic rings. The molecule has 33 heavy (non-hydrogen) atoms. The monoisotopic (exact) mass is 453 g/mol. The third-order valence-electron chi connectivity index (χ3n) is 5.37. The maximum atomic E-state index is 12.4. The first-order chi connectivity index (χ1) is 15.7. The fourth-order valence-corrected chi connectivity index (χ4v) is 3.87. The summed E-state index contributed by atoms with van der Waals surface area (Å²) >= 11 is 0. The average molecular weight is 454 g/mol. The molecule has 3 rings (SSSR count). The predicted molar refractivity (Wildman–Crippen MR) is 126 cm³/mol. The Hall–Kier alpha value is -3.61. The number of hydrogen-bond donors (Lipinski definition) is 1. The number of rotatable bonds is 4. The number of carbonyl (C=O) groups excluding carboxylic acids is 1. The zero-order valence-corrected chi connectivity index (χ0v) is 19.8. The van der Waals surface area contributed by atoms with Crippen LogP contribution in [0, 0.1) is 11.3 Å². The van der Waals surface area contributed by atoms with Crippen molar-refractivity contribution in [3.05, 3.63) is 29.6 Å². The van der Waals surface area contributed by atoms with Crippen LogP contribution >= 0.6 is 0 Å². The molecule has 2 aromatic heterocycles. The van der Waals surface area contributed by atoms with Gasteiger partial charge in [-0.25, -0.2) is 9.78 Å². The number of aromatic nitrogens is 2.